The second kappa shape index (κ2) is 9.84. The van der Waals surface area contributed by atoms with E-state index in [9.17, 15) is 19.6 Å². The number of amides is 5. The predicted octanol–water partition coefficient (Wildman–Crippen LogP) is 3.64. The summed E-state index contributed by atoms with van der Waals surface area (Å²) in [5.41, 5.74) is 1.74. The van der Waals surface area contributed by atoms with Crippen molar-refractivity contribution in [3.05, 3.63) is 58.6 Å². The Morgan fingerprint density at radius 3 is 2.18 bits per heavy atom. The van der Waals surface area contributed by atoms with Crippen LogP contribution in [0.25, 0.3) is 0 Å². The van der Waals surface area contributed by atoms with E-state index in [-0.39, 0.29) is 13.0 Å². The SMILES string of the molecule is CC1(C)C(N(O)C(=O)Nc2ccc(Cl)cc2)N(c2ccc(Cl)cc2)C(=O)N1CCC(=O)NN. The van der Waals surface area contributed by atoms with Gasteiger partial charge in [0, 0.05) is 34.4 Å². The highest BCUT2D eigenvalue weighted by Crippen LogP contribution is 2.38. The van der Waals surface area contributed by atoms with Crippen LogP contribution in [0.1, 0.15) is 20.3 Å². The Bertz CT molecular complexity index is 1030. The Morgan fingerprint density at radius 2 is 1.64 bits per heavy atom. The van der Waals surface area contributed by atoms with Gasteiger partial charge in [-0.1, -0.05) is 23.2 Å². The maximum atomic E-state index is 13.4. The van der Waals surface area contributed by atoms with Gasteiger partial charge in [-0.2, -0.15) is 5.06 Å². The highest BCUT2D eigenvalue weighted by atomic mass is 35.5. The lowest BCUT2D eigenvalue weighted by atomic mass is 9.99. The zero-order valence-corrected chi connectivity index (χ0v) is 19.5. The van der Waals surface area contributed by atoms with E-state index >= 15 is 0 Å². The molecule has 0 saturated carbocycles. The summed E-state index contributed by atoms with van der Waals surface area (Å²) in [6.45, 7) is 3.39. The molecule has 1 atom stereocenters. The first kappa shape index (κ1) is 24.6. The number of urea groups is 2. The minimum absolute atomic E-state index is 0.0160. The molecule has 0 spiro atoms. The number of halogens is 2. The number of hydrazine groups is 1. The topological polar surface area (TPSA) is 131 Å². The van der Waals surface area contributed by atoms with Crippen LogP contribution < -0.4 is 21.5 Å². The average Bonchev–Trinajstić information content (AvgIpc) is 2.98. The number of nitrogens with one attached hydrogen (secondary N) is 2. The van der Waals surface area contributed by atoms with Crippen molar-refractivity contribution in [1.29, 1.82) is 0 Å². The first-order chi connectivity index (χ1) is 15.6. The van der Waals surface area contributed by atoms with Crippen LogP contribution in [0.4, 0.5) is 21.0 Å². The molecule has 0 radical (unpaired) electrons. The van der Waals surface area contributed by atoms with Gasteiger partial charge in [0.2, 0.25) is 5.91 Å². The number of carbonyl (C=O) groups is 3. The summed E-state index contributed by atoms with van der Waals surface area (Å²) in [6, 6.07) is 11.4. The average molecular weight is 495 g/mol. The maximum Gasteiger partial charge on any atom is 0.347 e. The van der Waals surface area contributed by atoms with Crippen molar-refractivity contribution in [1.82, 2.24) is 15.4 Å². The lowest BCUT2D eigenvalue weighted by molar-refractivity contribution is -0.121. The molecule has 176 valence electrons. The monoisotopic (exact) mass is 494 g/mol. The summed E-state index contributed by atoms with van der Waals surface area (Å²) in [4.78, 5) is 40.7. The van der Waals surface area contributed by atoms with Crippen LogP contribution in [0.15, 0.2) is 48.5 Å². The molecule has 10 nitrogen and oxygen atoms in total. The quantitative estimate of drug-likeness (QED) is 0.210. The van der Waals surface area contributed by atoms with E-state index in [4.69, 9.17) is 29.0 Å². The molecule has 5 N–H and O–H groups in total. The third kappa shape index (κ3) is 5.14. The molecule has 2 aromatic carbocycles. The standard InChI is InChI=1S/C21H24Cl2N6O4/c1-21(2)18(29(33)19(31)25-15-7-3-13(22)4-8-15)28(16-9-5-14(23)6-10-16)20(32)27(21)12-11-17(30)26-24/h3-10,18,33H,11-12,24H2,1-2H3,(H,25,31)(H,26,30). The van der Waals surface area contributed by atoms with E-state index in [1.165, 1.54) is 9.80 Å². The Hall–Kier alpha value is -3.05. The maximum absolute atomic E-state index is 13.4. The van der Waals surface area contributed by atoms with Crippen molar-refractivity contribution >= 4 is 52.5 Å². The first-order valence-electron chi connectivity index (χ1n) is 9.96. The summed E-state index contributed by atoms with van der Waals surface area (Å²) in [7, 11) is 0. The van der Waals surface area contributed by atoms with Crippen molar-refractivity contribution < 1.29 is 19.6 Å². The molecule has 1 fully saturated rings. The Balaban J connectivity index is 1.95. The van der Waals surface area contributed by atoms with Crippen molar-refractivity contribution in [2.24, 2.45) is 5.84 Å². The van der Waals surface area contributed by atoms with Crippen molar-refractivity contribution in [2.45, 2.75) is 32.0 Å². The molecule has 1 heterocycles. The van der Waals surface area contributed by atoms with Gasteiger partial charge in [-0.3, -0.25) is 20.3 Å². The zero-order chi connectivity index (χ0) is 24.3. The number of nitrogens with zero attached hydrogens (tertiary/aromatic N) is 3. The lowest BCUT2D eigenvalue weighted by Gasteiger charge is -2.38. The predicted molar refractivity (Wildman–Crippen MR) is 125 cm³/mol. The number of rotatable bonds is 6. The minimum Gasteiger partial charge on any atom is -0.315 e. The molecule has 33 heavy (non-hydrogen) atoms. The highest BCUT2D eigenvalue weighted by Gasteiger charge is 2.56. The van der Waals surface area contributed by atoms with Gasteiger partial charge in [-0.05, 0) is 62.4 Å². The number of hydroxylamine groups is 2. The van der Waals surface area contributed by atoms with Gasteiger partial charge in [0.25, 0.3) is 0 Å². The largest absolute Gasteiger partial charge is 0.347 e. The van der Waals surface area contributed by atoms with Crippen molar-refractivity contribution in [3.8, 4) is 0 Å². The molecule has 3 rings (SSSR count). The number of hydrogen-bond donors (Lipinski definition) is 4. The van der Waals surface area contributed by atoms with Gasteiger partial charge in [-0.15, -0.1) is 0 Å². The molecule has 12 heteroatoms. The lowest BCUT2D eigenvalue weighted by Crippen LogP contribution is -2.58. The fourth-order valence-electron chi connectivity index (χ4n) is 3.69. The highest BCUT2D eigenvalue weighted by molar-refractivity contribution is 6.31. The zero-order valence-electron chi connectivity index (χ0n) is 18.0. The van der Waals surface area contributed by atoms with Crippen LogP contribution in [-0.4, -0.2) is 51.4 Å². The molecule has 1 saturated heterocycles. The number of benzene rings is 2. The van der Waals surface area contributed by atoms with Gasteiger partial charge in [0.05, 0.1) is 5.54 Å². The van der Waals surface area contributed by atoms with Crippen LogP contribution in [0.3, 0.4) is 0 Å². The van der Waals surface area contributed by atoms with E-state index in [0.29, 0.717) is 26.5 Å². The molecule has 0 bridgehead atoms. The number of hydrogen-bond acceptors (Lipinski definition) is 5. The molecular weight excluding hydrogens is 471 g/mol. The van der Waals surface area contributed by atoms with E-state index in [2.05, 4.69) is 5.32 Å². The molecule has 1 aliphatic heterocycles. The van der Waals surface area contributed by atoms with Gasteiger partial charge in [0.15, 0.2) is 6.17 Å². The molecule has 1 unspecified atom stereocenters. The van der Waals surface area contributed by atoms with E-state index < -0.39 is 29.7 Å². The summed E-state index contributed by atoms with van der Waals surface area (Å²) < 4.78 is 0. The van der Waals surface area contributed by atoms with Crippen LogP contribution in [0, 0.1) is 0 Å². The fourth-order valence-corrected chi connectivity index (χ4v) is 3.94. The Kier molecular flexibility index (Phi) is 7.33. The van der Waals surface area contributed by atoms with Gasteiger partial charge in [-0.25, -0.2) is 15.4 Å². The van der Waals surface area contributed by atoms with Gasteiger partial charge >= 0.3 is 12.1 Å². The smallest absolute Gasteiger partial charge is 0.315 e. The summed E-state index contributed by atoms with van der Waals surface area (Å²) >= 11 is 11.9. The van der Waals surface area contributed by atoms with Gasteiger partial charge < -0.3 is 10.2 Å². The third-order valence-corrected chi connectivity index (χ3v) is 5.88. The number of nitrogens with two attached hydrogens (primary N) is 1. The molecule has 5 amide bonds. The molecule has 1 aliphatic rings. The summed E-state index contributed by atoms with van der Waals surface area (Å²) in [6.07, 6.45) is -1.20. The third-order valence-electron chi connectivity index (χ3n) is 5.37. The number of carbonyl (C=O) groups excluding carboxylic acids is 3. The second-order valence-corrected chi connectivity index (χ2v) is 8.78. The van der Waals surface area contributed by atoms with Crippen molar-refractivity contribution in [2.75, 3.05) is 16.8 Å². The minimum atomic E-state index is -1.14. The summed E-state index contributed by atoms with van der Waals surface area (Å²) in [5.74, 6) is 4.70. The normalized spacial score (nSPS) is 17.2. The Labute approximate surface area is 200 Å². The number of anilines is 2. The van der Waals surface area contributed by atoms with E-state index in [1.54, 1.807) is 62.4 Å². The molecular formula is C21H24Cl2N6O4. The van der Waals surface area contributed by atoms with Crippen LogP contribution in [0.2, 0.25) is 10.0 Å². The van der Waals surface area contributed by atoms with Crippen molar-refractivity contribution in [3.63, 3.8) is 0 Å². The molecule has 2 aromatic rings. The fraction of sp³-hybridized carbons (Fsp3) is 0.286. The molecule has 0 aliphatic carbocycles. The van der Waals surface area contributed by atoms with Gasteiger partial charge in [0.1, 0.15) is 0 Å². The molecule has 0 aromatic heterocycles. The van der Waals surface area contributed by atoms with Crippen LogP contribution in [-0.2, 0) is 4.79 Å². The first-order valence-corrected chi connectivity index (χ1v) is 10.7. The van der Waals surface area contributed by atoms with Crippen LogP contribution >= 0.6 is 23.2 Å². The van der Waals surface area contributed by atoms with E-state index in [0.717, 1.165) is 0 Å². The van der Waals surface area contributed by atoms with E-state index in [1.807, 2.05) is 5.43 Å². The summed E-state index contributed by atoms with van der Waals surface area (Å²) in [5, 5.41) is 14.9. The second-order valence-electron chi connectivity index (χ2n) is 7.91. The Morgan fingerprint density at radius 1 is 1.09 bits per heavy atom. The van der Waals surface area contributed by atoms with Crippen LogP contribution in [0.5, 0.6) is 0 Å².